The lowest BCUT2D eigenvalue weighted by atomic mass is 10.0. The van der Waals surface area contributed by atoms with E-state index >= 15 is 0 Å². The number of hydrogen-bond acceptors (Lipinski definition) is 4. The molecule has 1 aliphatic rings. The fourth-order valence-corrected chi connectivity index (χ4v) is 2.08. The molecule has 0 saturated heterocycles. The fraction of sp³-hybridized carbons (Fsp3) is 0.364. The molecule has 0 aromatic heterocycles. The lowest BCUT2D eigenvalue weighted by Gasteiger charge is -2.12. The molecule has 0 unspecified atom stereocenters. The molecule has 0 N–H and O–H groups in total. The van der Waals surface area contributed by atoms with Crippen LogP contribution in [0.25, 0.3) is 0 Å². The van der Waals surface area contributed by atoms with E-state index in [2.05, 4.69) is 0 Å². The van der Waals surface area contributed by atoms with Crippen molar-refractivity contribution in [1.82, 2.24) is 0 Å². The third kappa shape index (κ3) is 1.50. The Balaban J connectivity index is 2.70. The van der Waals surface area contributed by atoms with Crippen molar-refractivity contribution in [2.45, 2.75) is 12.5 Å². The number of esters is 1. The Morgan fingerprint density at radius 1 is 1.38 bits per heavy atom. The molecule has 0 amide bonds. The number of carbonyl (C=O) groups is 1. The topological polar surface area (TPSA) is 44.8 Å². The van der Waals surface area contributed by atoms with Crippen molar-refractivity contribution in [2.24, 2.45) is 0 Å². The van der Waals surface area contributed by atoms with Crippen molar-refractivity contribution >= 4 is 17.6 Å². The molecule has 1 aliphatic heterocycles. The number of methoxy groups -OCH3 is 2. The molecule has 16 heavy (non-hydrogen) atoms. The van der Waals surface area contributed by atoms with Crippen LogP contribution in [0.2, 0.25) is 0 Å². The van der Waals surface area contributed by atoms with E-state index in [4.69, 9.17) is 25.8 Å². The first-order valence-electron chi connectivity index (χ1n) is 4.72. The first-order valence-corrected chi connectivity index (χ1v) is 5.26. The minimum absolute atomic E-state index is 0.199. The number of fused-ring (bicyclic) bond motifs is 1. The lowest BCUT2D eigenvalue weighted by Crippen LogP contribution is -2.03. The summed E-state index contributed by atoms with van der Waals surface area (Å²) >= 11 is 5.83. The van der Waals surface area contributed by atoms with Gasteiger partial charge in [0, 0.05) is 17.2 Å². The van der Waals surface area contributed by atoms with Crippen LogP contribution in [0.1, 0.15) is 21.5 Å². The summed E-state index contributed by atoms with van der Waals surface area (Å²) in [5.41, 5.74) is 1.87. The normalized spacial score (nSPS) is 13.3. The Morgan fingerprint density at radius 2 is 2.06 bits per heavy atom. The second kappa shape index (κ2) is 4.22. The summed E-state index contributed by atoms with van der Waals surface area (Å²) in [5, 5.41) is 0. The molecule has 0 radical (unpaired) electrons. The molecule has 0 bridgehead atoms. The van der Waals surface area contributed by atoms with Crippen LogP contribution in [0, 0.1) is 0 Å². The number of ether oxygens (including phenoxy) is 3. The minimum Gasteiger partial charge on any atom is -0.496 e. The molecule has 4 nitrogen and oxygen atoms in total. The average molecular weight is 243 g/mol. The molecule has 0 atom stereocenters. The minimum atomic E-state index is -0.372. The molecule has 0 spiro atoms. The molecule has 1 heterocycles. The smallest absolute Gasteiger partial charge is 0.339 e. The molecule has 1 aromatic carbocycles. The number of benzene rings is 1. The average Bonchev–Trinajstić information content (AvgIpc) is 2.70. The van der Waals surface area contributed by atoms with Gasteiger partial charge >= 0.3 is 5.97 Å². The first kappa shape index (κ1) is 11.1. The van der Waals surface area contributed by atoms with Crippen LogP contribution >= 0.6 is 11.6 Å². The maximum Gasteiger partial charge on any atom is 0.339 e. The van der Waals surface area contributed by atoms with Crippen molar-refractivity contribution in [3.05, 3.63) is 22.8 Å². The largest absolute Gasteiger partial charge is 0.496 e. The van der Waals surface area contributed by atoms with Crippen molar-refractivity contribution in [2.75, 3.05) is 14.2 Å². The zero-order valence-corrected chi connectivity index (χ0v) is 9.76. The second-order valence-electron chi connectivity index (χ2n) is 3.32. The summed E-state index contributed by atoms with van der Waals surface area (Å²) < 4.78 is 15.3. The van der Waals surface area contributed by atoms with Crippen molar-refractivity contribution in [3.63, 3.8) is 0 Å². The van der Waals surface area contributed by atoms with Crippen LogP contribution in [-0.4, -0.2) is 20.2 Å². The van der Waals surface area contributed by atoms with Crippen molar-refractivity contribution in [1.29, 1.82) is 0 Å². The van der Waals surface area contributed by atoms with Crippen LogP contribution in [0.15, 0.2) is 6.07 Å². The Kier molecular flexibility index (Phi) is 2.92. The van der Waals surface area contributed by atoms with Crippen molar-refractivity contribution < 1.29 is 19.0 Å². The summed E-state index contributed by atoms with van der Waals surface area (Å²) in [6.07, 6.45) is 0. The number of rotatable bonds is 3. The Morgan fingerprint density at radius 3 is 2.62 bits per heavy atom. The van der Waals surface area contributed by atoms with Gasteiger partial charge in [-0.2, -0.15) is 0 Å². The lowest BCUT2D eigenvalue weighted by molar-refractivity contribution is 0.0533. The highest BCUT2D eigenvalue weighted by atomic mass is 35.5. The Labute approximate surface area is 98.1 Å². The highest BCUT2D eigenvalue weighted by Gasteiger charge is 2.30. The van der Waals surface area contributed by atoms with Gasteiger partial charge < -0.3 is 14.2 Å². The van der Waals surface area contributed by atoms with Gasteiger partial charge in [0.2, 0.25) is 0 Å². The molecule has 86 valence electrons. The number of hydrogen-bond donors (Lipinski definition) is 0. The maximum absolute atomic E-state index is 11.6. The predicted molar refractivity (Wildman–Crippen MR) is 58.2 cm³/mol. The van der Waals surface area contributed by atoms with E-state index in [-0.39, 0.29) is 18.5 Å². The van der Waals surface area contributed by atoms with Gasteiger partial charge in [-0.15, -0.1) is 11.6 Å². The zero-order chi connectivity index (χ0) is 11.7. The maximum atomic E-state index is 11.6. The first-order chi connectivity index (χ1) is 7.72. The number of cyclic esters (lactones) is 1. The number of halogens is 1. The van der Waals surface area contributed by atoms with E-state index in [0.29, 0.717) is 22.6 Å². The van der Waals surface area contributed by atoms with Gasteiger partial charge in [0.25, 0.3) is 0 Å². The molecule has 2 rings (SSSR count). The molecular weight excluding hydrogens is 232 g/mol. The molecule has 1 aromatic rings. The summed E-state index contributed by atoms with van der Waals surface area (Å²) in [6.45, 7) is 0.227. The molecule has 5 heteroatoms. The SMILES string of the molecule is COc1cc(OC)c2c(c1CCl)C(=O)OC2. The summed E-state index contributed by atoms with van der Waals surface area (Å²) in [7, 11) is 3.07. The zero-order valence-electron chi connectivity index (χ0n) is 9.00. The Bertz CT molecular complexity index is 442. The third-order valence-corrected chi connectivity index (χ3v) is 2.85. The molecule has 0 saturated carbocycles. The van der Waals surface area contributed by atoms with Crippen LogP contribution in [0.5, 0.6) is 11.5 Å². The summed E-state index contributed by atoms with van der Waals surface area (Å²) in [6, 6.07) is 1.72. The van der Waals surface area contributed by atoms with Crippen molar-refractivity contribution in [3.8, 4) is 11.5 Å². The Hall–Kier alpha value is -1.42. The molecule has 0 fully saturated rings. The van der Waals surface area contributed by atoms with Crippen LogP contribution in [0.4, 0.5) is 0 Å². The predicted octanol–water partition coefficient (Wildman–Crippen LogP) is 2.11. The van der Waals surface area contributed by atoms with Crippen LogP contribution in [-0.2, 0) is 17.2 Å². The van der Waals surface area contributed by atoms with E-state index in [9.17, 15) is 4.79 Å². The van der Waals surface area contributed by atoms with Gasteiger partial charge in [-0.3, -0.25) is 0 Å². The number of alkyl halides is 1. The number of carbonyl (C=O) groups excluding carboxylic acids is 1. The van der Waals surface area contributed by atoms with Gasteiger partial charge in [-0.05, 0) is 0 Å². The van der Waals surface area contributed by atoms with Crippen LogP contribution < -0.4 is 9.47 Å². The van der Waals surface area contributed by atoms with Gasteiger partial charge in [-0.25, -0.2) is 4.79 Å². The molecular formula is C11H11ClO4. The van der Waals surface area contributed by atoms with E-state index in [1.165, 1.54) is 14.2 Å². The highest BCUT2D eigenvalue weighted by molar-refractivity contribution is 6.18. The van der Waals surface area contributed by atoms with Gasteiger partial charge in [-0.1, -0.05) is 0 Å². The summed E-state index contributed by atoms with van der Waals surface area (Å²) in [5.74, 6) is 0.962. The van der Waals surface area contributed by atoms with E-state index < -0.39 is 0 Å². The van der Waals surface area contributed by atoms with Crippen LogP contribution in [0.3, 0.4) is 0 Å². The summed E-state index contributed by atoms with van der Waals surface area (Å²) in [4.78, 5) is 11.6. The van der Waals surface area contributed by atoms with E-state index in [1.54, 1.807) is 6.07 Å². The van der Waals surface area contributed by atoms with Gasteiger partial charge in [0.1, 0.15) is 18.1 Å². The third-order valence-electron chi connectivity index (χ3n) is 2.59. The highest BCUT2D eigenvalue weighted by Crippen LogP contribution is 2.38. The molecule has 0 aliphatic carbocycles. The van der Waals surface area contributed by atoms with Gasteiger partial charge in [0.05, 0.1) is 25.7 Å². The van der Waals surface area contributed by atoms with E-state index in [1.807, 2.05) is 0 Å². The second-order valence-corrected chi connectivity index (χ2v) is 3.59. The quantitative estimate of drug-likeness (QED) is 0.602. The standard InChI is InChI=1S/C11H11ClO4/c1-14-8-3-9(15-2)7-5-16-11(13)10(7)6(8)4-12/h3H,4-5H2,1-2H3. The van der Waals surface area contributed by atoms with Gasteiger partial charge in [0.15, 0.2) is 0 Å². The van der Waals surface area contributed by atoms with E-state index in [0.717, 1.165) is 5.56 Å². The fourth-order valence-electron chi connectivity index (χ4n) is 1.82. The monoisotopic (exact) mass is 242 g/mol.